The number of hydrogen-bond acceptors (Lipinski definition) is 1. The topological polar surface area (TPSA) is 22.0 Å². The number of rotatable bonds is 3. The summed E-state index contributed by atoms with van der Waals surface area (Å²) in [6, 6.07) is 6.55. The molecule has 0 bridgehead atoms. The molecule has 0 radical (unpaired) electrons. The molecule has 0 saturated carbocycles. The molecule has 0 unspecified atom stereocenters. The predicted molar refractivity (Wildman–Crippen MR) is 60.3 cm³/mol. The van der Waals surface area contributed by atoms with Gasteiger partial charge in [0, 0.05) is 30.1 Å². The average Bonchev–Trinajstić information content (AvgIpc) is 2.73. The third-order valence-corrected chi connectivity index (χ3v) is 2.59. The monoisotopic (exact) mass is 237 g/mol. The zero-order chi connectivity index (χ0) is 11.5. The smallest absolute Gasteiger partial charge is 0.151 e. The minimum Gasteiger partial charge on any atom is -0.349 e. The van der Waals surface area contributed by atoms with Crippen LogP contribution in [0.1, 0.15) is 15.9 Å². The van der Waals surface area contributed by atoms with E-state index in [-0.39, 0.29) is 5.02 Å². The Kier molecular flexibility index (Phi) is 3.06. The molecule has 16 heavy (non-hydrogen) atoms. The molecule has 0 amide bonds. The van der Waals surface area contributed by atoms with Crippen LogP contribution >= 0.6 is 11.6 Å². The summed E-state index contributed by atoms with van der Waals surface area (Å²) in [5.74, 6) is -0.412. The molecule has 1 aromatic carbocycles. The van der Waals surface area contributed by atoms with E-state index in [1.54, 1.807) is 35.2 Å². The van der Waals surface area contributed by atoms with Crippen LogP contribution in [0.4, 0.5) is 4.39 Å². The van der Waals surface area contributed by atoms with Crippen molar-refractivity contribution in [1.29, 1.82) is 0 Å². The first-order valence-corrected chi connectivity index (χ1v) is 5.12. The fourth-order valence-corrected chi connectivity index (χ4v) is 1.69. The van der Waals surface area contributed by atoms with Crippen molar-refractivity contribution in [2.75, 3.05) is 0 Å². The molecule has 2 nitrogen and oxygen atoms in total. The molecule has 0 aliphatic rings. The molecule has 0 aliphatic carbocycles. The Hall–Kier alpha value is -1.61. The first-order valence-electron chi connectivity index (χ1n) is 4.74. The lowest BCUT2D eigenvalue weighted by Crippen LogP contribution is -1.99. The van der Waals surface area contributed by atoms with Crippen molar-refractivity contribution in [1.82, 2.24) is 4.57 Å². The lowest BCUT2D eigenvalue weighted by Gasteiger charge is -2.05. The fourth-order valence-electron chi connectivity index (χ4n) is 1.49. The molecule has 0 spiro atoms. The maximum atomic E-state index is 13.6. The number of hydrogen-bond donors (Lipinski definition) is 0. The van der Waals surface area contributed by atoms with Crippen LogP contribution in [0.2, 0.25) is 5.02 Å². The molecule has 1 heterocycles. The van der Waals surface area contributed by atoms with Crippen LogP contribution in [-0.2, 0) is 6.54 Å². The summed E-state index contributed by atoms with van der Waals surface area (Å²) in [5, 5.41) is 0.111. The van der Waals surface area contributed by atoms with Crippen molar-refractivity contribution >= 4 is 17.9 Å². The van der Waals surface area contributed by atoms with Gasteiger partial charge in [-0.1, -0.05) is 23.7 Å². The lowest BCUT2D eigenvalue weighted by atomic mass is 10.2. The van der Waals surface area contributed by atoms with Gasteiger partial charge in [0.15, 0.2) is 6.29 Å². The molecule has 4 heteroatoms. The SMILES string of the molecule is O=Cc1ccn(Cc2cccc(Cl)c2F)c1. The maximum absolute atomic E-state index is 13.6. The third kappa shape index (κ3) is 2.14. The second kappa shape index (κ2) is 4.49. The van der Waals surface area contributed by atoms with Crippen LogP contribution in [0.15, 0.2) is 36.7 Å². The zero-order valence-electron chi connectivity index (χ0n) is 8.36. The molecule has 0 atom stereocenters. The van der Waals surface area contributed by atoms with Gasteiger partial charge in [0.2, 0.25) is 0 Å². The van der Waals surface area contributed by atoms with E-state index in [1.165, 1.54) is 6.07 Å². The van der Waals surface area contributed by atoms with E-state index < -0.39 is 5.82 Å². The van der Waals surface area contributed by atoms with Gasteiger partial charge in [-0.15, -0.1) is 0 Å². The molecular weight excluding hydrogens is 229 g/mol. The molecule has 2 rings (SSSR count). The number of carbonyl (C=O) groups is 1. The van der Waals surface area contributed by atoms with Crippen LogP contribution in [0.3, 0.4) is 0 Å². The lowest BCUT2D eigenvalue weighted by molar-refractivity contribution is 0.112. The van der Waals surface area contributed by atoms with Crippen molar-refractivity contribution in [3.8, 4) is 0 Å². The summed E-state index contributed by atoms with van der Waals surface area (Å²) in [6.45, 7) is 0.361. The van der Waals surface area contributed by atoms with Gasteiger partial charge in [0.25, 0.3) is 0 Å². The second-order valence-electron chi connectivity index (χ2n) is 3.45. The van der Waals surface area contributed by atoms with Crippen molar-refractivity contribution in [3.63, 3.8) is 0 Å². The Morgan fingerprint density at radius 3 is 2.88 bits per heavy atom. The van der Waals surface area contributed by atoms with Crippen LogP contribution < -0.4 is 0 Å². The molecule has 0 saturated heterocycles. The highest BCUT2D eigenvalue weighted by Gasteiger charge is 2.06. The summed E-state index contributed by atoms with van der Waals surface area (Å²) in [7, 11) is 0. The van der Waals surface area contributed by atoms with Gasteiger partial charge in [0.05, 0.1) is 5.02 Å². The summed E-state index contributed by atoms with van der Waals surface area (Å²) in [4.78, 5) is 10.5. The highest BCUT2D eigenvalue weighted by Crippen LogP contribution is 2.18. The van der Waals surface area contributed by atoms with E-state index in [1.807, 2.05) is 0 Å². The minimum absolute atomic E-state index is 0.111. The largest absolute Gasteiger partial charge is 0.349 e. The van der Waals surface area contributed by atoms with Gasteiger partial charge in [0.1, 0.15) is 5.82 Å². The summed E-state index contributed by atoms with van der Waals surface area (Å²) >= 11 is 5.67. The Bertz CT molecular complexity index is 521. The minimum atomic E-state index is -0.412. The summed E-state index contributed by atoms with van der Waals surface area (Å²) in [6.07, 6.45) is 4.14. The van der Waals surface area contributed by atoms with Crippen LogP contribution in [0.25, 0.3) is 0 Å². The summed E-state index contributed by atoms with van der Waals surface area (Å²) in [5.41, 5.74) is 1.07. The second-order valence-corrected chi connectivity index (χ2v) is 3.86. The van der Waals surface area contributed by atoms with Crippen LogP contribution in [0, 0.1) is 5.82 Å². The molecule has 1 aromatic heterocycles. The van der Waals surface area contributed by atoms with Gasteiger partial charge >= 0.3 is 0 Å². The van der Waals surface area contributed by atoms with Crippen LogP contribution in [0.5, 0.6) is 0 Å². The number of halogens is 2. The highest BCUT2D eigenvalue weighted by molar-refractivity contribution is 6.30. The Labute approximate surface area is 97.3 Å². The highest BCUT2D eigenvalue weighted by atomic mass is 35.5. The van der Waals surface area contributed by atoms with E-state index in [9.17, 15) is 9.18 Å². The van der Waals surface area contributed by atoms with Gasteiger partial charge in [-0.3, -0.25) is 4.79 Å². The molecular formula is C12H9ClFNO. The van der Waals surface area contributed by atoms with E-state index >= 15 is 0 Å². The van der Waals surface area contributed by atoms with E-state index in [0.717, 1.165) is 6.29 Å². The van der Waals surface area contributed by atoms with Crippen molar-refractivity contribution < 1.29 is 9.18 Å². The van der Waals surface area contributed by atoms with Gasteiger partial charge in [-0.2, -0.15) is 0 Å². The molecule has 0 N–H and O–H groups in total. The Morgan fingerprint density at radius 1 is 1.38 bits per heavy atom. The number of nitrogens with zero attached hydrogens (tertiary/aromatic N) is 1. The predicted octanol–water partition coefficient (Wildman–Crippen LogP) is 3.14. The van der Waals surface area contributed by atoms with Crippen molar-refractivity contribution in [3.05, 3.63) is 58.6 Å². The average molecular weight is 238 g/mol. The standard InChI is InChI=1S/C12H9ClFNO/c13-11-3-1-2-10(12(11)14)7-15-5-4-9(6-15)8-16/h1-6,8H,7H2. The van der Waals surface area contributed by atoms with E-state index in [0.29, 0.717) is 17.7 Å². The quantitative estimate of drug-likeness (QED) is 0.752. The van der Waals surface area contributed by atoms with Crippen molar-refractivity contribution in [2.24, 2.45) is 0 Å². The van der Waals surface area contributed by atoms with Gasteiger partial charge in [-0.25, -0.2) is 4.39 Å². The summed E-state index contributed by atoms with van der Waals surface area (Å²) < 4.78 is 15.3. The Balaban J connectivity index is 2.26. The number of benzene rings is 1. The maximum Gasteiger partial charge on any atom is 0.151 e. The molecule has 0 aliphatic heterocycles. The molecule has 82 valence electrons. The van der Waals surface area contributed by atoms with E-state index in [2.05, 4.69) is 0 Å². The fraction of sp³-hybridized carbons (Fsp3) is 0.0833. The number of aldehydes is 1. The first-order chi connectivity index (χ1) is 7.70. The molecule has 0 fully saturated rings. The first kappa shape index (κ1) is 10.9. The number of aromatic nitrogens is 1. The van der Waals surface area contributed by atoms with Crippen LogP contribution in [-0.4, -0.2) is 10.9 Å². The Morgan fingerprint density at radius 2 is 2.19 bits per heavy atom. The number of carbonyl (C=O) groups excluding carboxylic acids is 1. The van der Waals surface area contributed by atoms with E-state index in [4.69, 9.17) is 11.6 Å². The normalized spacial score (nSPS) is 10.4. The zero-order valence-corrected chi connectivity index (χ0v) is 9.12. The van der Waals surface area contributed by atoms with Gasteiger partial charge in [-0.05, 0) is 12.1 Å². The molecule has 2 aromatic rings. The van der Waals surface area contributed by atoms with Gasteiger partial charge < -0.3 is 4.57 Å². The third-order valence-electron chi connectivity index (χ3n) is 2.29. The van der Waals surface area contributed by atoms with Crippen molar-refractivity contribution in [2.45, 2.75) is 6.54 Å².